The van der Waals surface area contributed by atoms with Gasteiger partial charge in [0.1, 0.15) is 0 Å². The molecule has 2 aromatic rings. The highest BCUT2D eigenvalue weighted by atomic mass is 127. The minimum absolute atomic E-state index is 0.651. The van der Waals surface area contributed by atoms with E-state index < -0.39 is 0 Å². The molecule has 0 aliphatic rings. The van der Waals surface area contributed by atoms with Gasteiger partial charge in [0.05, 0.1) is 14.2 Å². The quantitative estimate of drug-likeness (QED) is 0.742. The van der Waals surface area contributed by atoms with Gasteiger partial charge >= 0.3 is 0 Å². The van der Waals surface area contributed by atoms with Gasteiger partial charge in [-0.3, -0.25) is 0 Å². The summed E-state index contributed by atoms with van der Waals surface area (Å²) in [4.78, 5) is 0. The molecule has 0 atom stereocenters. The van der Waals surface area contributed by atoms with E-state index in [1.807, 2.05) is 36.4 Å². The maximum atomic E-state index is 5.95. The van der Waals surface area contributed by atoms with Crippen LogP contribution in [0.1, 0.15) is 5.56 Å². The molecule has 20 heavy (non-hydrogen) atoms. The van der Waals surface area contributed by atoms with E-state index in [0.717, 1.165) is 31.3 Å². The summed E-state index contributed by atoms with van der Waals surface area (Å²) >= 11 is 8.21. The molecule has 3 nitrogen and oxygen atoms in total. The molecular weight excluding hydrogens is 389 g/mol. The molecule has 0 saturated carbocycles. The Morgan fingerprint density at radius 1 is 1.15 bits per heavy atom. The molecule has 2 rings (SSSR count). The van der Waals surface area contributed by atoms with Gasteiger partial charge in [0.25, 0.3) is 0 Å². The van der Waals surface area contributed by atoms with Gasteiger partial charge in [0.2, 0.25) is 0 Å². The molecule has 0 saturated heterocycles. The fourth-order valence-corrected chi connectivity index (χ4v) is 2.98. The van der Waals surface area contributed by atoms with Crippen LogP contribution < -0.4 is 14.8 Å². The molecular formula is C15H15ClINO2. The third-order valence-corrected chi connectivity index (χ3v) is 4.01. The van der Waals surface area contributed by atoms with E-state index in [1.54, 1.807) is 14.2 Å². The molecule has 106 valence electrons. The summed E-state index contributed by atoms with van der Waals surface area (Å²) in [6, 6.07) is 11.6. The third kappa shape index (κ3) is 3.49. The second-order valence-corrected chi connectivity index (χ2v) is 5.73. The van der Waals surface area contributed by atoms with E-state index in [-0.39, 0.29) is 0 Å². The second kappa shape index (κ2) is 7.04. The Bertz CT molecular complexity index is 604. The predicted molar refractivity (Wildman–Crippen MR) is 91.0 cm³/mol. The van der Waals surface area contributed by atoms with Crippen LogP contribution in [0.25, 0.3) is 0 Å². The first-order valence-corrected chi connectivity index (χ1v) is 7.50. The van der Waals surface area contributed by atoms with Crippen molar-refractivity contribution in [1.29, 1.82) is 0 Å². The first-order valence-electron chi connectivity index (χ1n) is 6.04. The average molecular weight is 404 g/mol. The molecule has 5 heteroatoms. The van der Waals surface area contributed by atoms with Gasteiger partial charge in [-0.25, -0.2) is 0 Å². The Labute approximate surface area is 137 Å². The Balaban J connectivity index is 2.18. The fraction of sp³-hybridized carbons (Fsp3) is 0.200. The number of nitrogens with one attached hydrogen (secondary N) is 1. The van der Waals surface area contributed by atoms with Crippen molar-refractivity contribution >= 4 is 39.9 Å². The summed E-state index contributed by atoms with van der Waals surface area (Å²) < 4.78 is 11.8. The second-order valence-electron chi connectivity index (χ2n) is 4.13. The van der Waals surface area contributed by atoms with Crippen molar-refractivity contribution in [2.24, 2.45) is 0 Å². The first kappa shape index (κ1) is 15.3. The van der Waals surface area contributed by atoms with Crippen molar-refractivity contribution in [3.05, 3.63) is 50.6 Å². The van der Waals surface area contributed by atoms with E-state index in [2.05, 4.69) is 27.9 Å². The molecule has 0 aliphatic heterocycles. The van der Waals surface area contributed by atoms with Gasteiger partial charge in [-0.05, 0) is 46.9 Å². The lowest BCUT2D eigenvalue weighted by atomic mass is 10.1. The van der Waals surface area contributed by atoms with Gasteiger partial charge in [0, 0.05) is 26.4 Å². The van der Waals surface area contributed by atoms with Gasteiger partial charge in [-0.15, -0.1) is 0 Å². The van der Waals surface area contributed by atoms with E-state index in [9.17, 15) is 0 Å². The summed E-state index contributed by atoms with van der Waals surface area (Å²) in [6.45, 7) is 0.651. The highest BCUT2D eigenvalue weighted by Gasteiger charge is 2.09. The molecule has 0 heterocycles. The standard InChI is InChI=1S/C15H15ClINO2/c1-19-14-5-3-4-10(15(14)20-2)9-18-13-7-6-11(16)8-12(13)17/h3-8,18H,9H2,1-2H3. The number of hydrogen-bond acceptors (Lipinski definition) is 3. The molecule has 0 radical (unpaired) electrons. The van der Waals surface area contributed by atoms with Crippen molar-refractivity contribution in [3.8, 4) is 11.5 Å². The van der Waals surface area contributed by atoms with E-state index >= 15 is 0 Å². The lowest BCUT2D eigenvalue weighted by Gasteiger charge is -2.14. The molecule has 0 aromatic heterocycles. The largest absolute Gasteiger partial charge is 0.493 e. The van der Waals surface area contributed by atoms with E-state index in [1.165, 1.54) is 0 Å². The minimum Gasteiger partial charge on any atom is -0.493 e. The smallest absolute Gasteiger partial charge is 0.165 e. The maximum absolute atomic E-state index is 5.95. The Kier molecular flexibility index (Phi) is 5.37. The van der Waals surface area contributed by atoms with Gasteiger partial charge in [-0.2, -0.15) is 0 Å². The number of benzene rings is 2. The highest BCUT2D eigenvalue weighted by molar-refractivity contribution is 14.1. The van der Waals surface area contributed by atoms with Gasteiger partial charge in [0.15, 0.2) is 11.5 Å². The molecule has 1 N–H and O–H groups in total. The van der Waals surface area contributed by atoms with Crippen LogP contribution in [0.5, 0.6) is 11.5 Å². The number of rotatable bonds is 5. The third-order valence-electron chi connectivity index (χ3n) is 2.88. The van der Waals surface area contributed by atoms with Gasteiger partial charge in [-0.1, -0.05) is 23.7 Å². The fourth-order valence-electron chi connectivity index (χ4n) is 1.92. The molecule has 0 fully saturated rings. The zero-order valence-electron chi connectivity index (χ0n) is 11.2. The zero-order valence-corrected chi connectivity index (χ0v) is 14.2. The topological polar surface area (TPSA) is 30.5 Å². The average Bonchev–Trinajstić information content (AvgIpc) is 2.45. The number of halogens is 2. The van der Waals surface area contributed by atoms with Crippen molar-refractivity contribution in [1.82, 2.24) is 0 Å². The van der Waals surface area contributed by atoms with Gasteiger partial charge < -0.3 is 14.8 Å². The Hall–Kier alpha value is -1.14. The first-order chi connectivity index (χ1) is 9.65. The monoisotopic (exact) mass is 403 g/mol. The number of para-hydroxylation sites is 1. The number of hydrogen-bond donors (Lipinski definition) is 1. The van der Waals surface area contributed by atoms with E-state index in [4.69, 9.17) is 21.1 Å². The van der Waals surface area contributed by atoms with Crippen molar-refractivity contribution < 1.29 is 9.47 Å². The summed E-state index contributed by atoms with van der Waals surface area (Å²) in [7, 11) is 3.28. The maximum Gasteiger partial charge on any atom is 0.165 e. The molecule has 0 unspecified atom stereocenters. The summed E-state index contributed by atoms with van der Waals surface area (Å²) in [5.41, 5.74) is 2.08. The van der Waals surface area contributed by atoms with Crippen LogP contribution in [0.2, 0.25) is 5.02 Å². The Morgan fingerprint density at radius 3 is 2.60 bits per heavy atom. The minimum atomic E-state index is 0.651. The lowest BCUT2D eigenvalue weighted by Crippen LogP contribution is -2.04. The van der Waals surface area contributed by atoms with Crippen LogP contribution >= 0.6 is 34.2 Å². The normalized spacial score (nSPS) is 10.2. The molecule has 0 spiro atoms. The summed E-state index contributed by atoms with van der Waals surface area (Å²) in [6.07, 6.45) is 0. The Morgan fingerprint density at radius 2 is 1.95 bits per heavy atom. The van der Waals surface area contributed by atoms with E-state index in [0.29, 0.717) is 6.54 Å². The number of methoxy groups -OCH3 is 2. The SMILES string of the molecule is COc1cccc(CNc2ccc(Cl)cc2I)c1OC. The predicted octanol–water partition coefficient (Wildman–Crippen LogP) is 4.57. The van der Waals surface area contributed by atoms with Crippen molar-refractivity contribution in [2.45, 2.75) is 6.54 Å². The number of anilines is 1. The van der Waals surface area contributed by atoms with Crippen LogP contribution in [0.4, 0.5) is 5.69 Å². The van der Waals surface area contributed by atoms with Crippen LogP contribution in [0.15, 0.2) is 36.4 Å². The van der Waals surface area contributed by atoms with Crippen LogP contribution in [0, 0.1) is 3.57 Å². The zero-order chi connectivity index (χ0) is 14.5. The highest BCUT2D eigenvalue weighted by Crippen LogP contribution is 2.31. The summed E-state index contributed by atoms with van der Waals surface area (Å²) in [5.74, 6) is 1.49. The number of ether oxygens (including phenoxy) is 2. The van der Waals surface area contributed by atoms with Crippen LogP contribution in [0.3, 0.4) is 0 Å². The molecule has 0 bridgehead atoms. The molecule has 0 amide bonds. The van der Waals surface area contributed by atoms with Crippen LogP contribution in [-0.4, -0.2) is 14.2 Å². The van der Waals surface area contributed by atoms with Crippen molar-refractivity contribution in [2.75, 3.05) is 19.5 Å². The van der Waals surface area contributed by atoms with Crippen LogP contribution in [-0.2, 0) is 6.54 Å². The summed E-state index contributed by atoms with van der Waals surface area (Å²) in [5, 5.41) is 4.12. The lowest BCUT2D eigenvalue weighted by molar-refractivity contribution is 0.352. The molecule has 0 aliphatic carbocycles. The molecule has 2 aromatic carbocycles. The van der Waals surface area contributed by atoms with Crippen molar-refractivity contribution in [3.63, 3.8) is 0 Å².